The smallest absolute Gasteiger partial charge is 0.130 e. The van der Waals surface area contributed by atoms with Crippen LogP contribution in [0.1, 0.15) is 23.5 Å². The zero-order chi connectivity index (χ0) is 15.7. The monoisotopic (exact) mass is 318 g/mol. The fraction of sp³-hybridized carbons (Fsp3) is 0.235. The maximum absolute atomic E-state index is 13.9. The van der Waals surface area contributed by atoms with Crippen molar-refractivity contribution < 1.29 is 8.78 Å². The average Bonchev–Trinajstić information content (AvgIpc) is 2.88. The Morgan fingerprint density at radius 3 is 2.68 bits per heavy atom. The molecular formula is C17H16F2N2S. The fourth-order valence-corrected chi connectivity index (χ4v) is 3.45. The van der Waals surface area contributed by atoms with Crippen molar-refractivity contribution in [1.82, 2.24) is 9.88 Å². The van der Waals surface area contributed by atoms with Crippen LogP contribution in [0, 0.1) is 11.6 Å². The van der Waals surface area contributed by atoms with Crippen LogP contribution >= 0.6 is 11.3 Å². The number of nitrogens with zero attached hydrogens (tertiary/aromatic N) is 2. The number of rotatable bonds is 4. The number of para-hydroxylation sites is 1. The van der Waals surface area contributed by atoms with Crippen LogP contribution in [-0.4, -0.2) is 16.9 Å². The van der Waals surface area contributed by atoms with E-state index in [1.165, 1.54) is 12.1 Å². The first-order valence-electron chi connectivity index (χ1n) is 7.04. The summed E-state index contributed by atoms with van der Waals surface area (Å²) in [4.78, 5) is 6.60. The van der Waals surface area contributed by atoms with Gasteiger partial charge in [-0.25, -0.2) is 13.8 Å². The molecule has 1 unspecified atom stereocenters. The van der Waals surface area contributed by atoms with E-state index < -0.39 is 11.6 Å². The molecule has 0 N–H and O–H groups in total. The molecule has 0 spiro atoms. The average molecular weight is 318 g/mol. The Morgan fingerprint density at radius 2 is 1.95 bits per heavy atom. The zero-order valence-electron chi connectivity index (χ0n) is 12.4. The second kappa shape index (κ2) is 6.10. The van der Waals surface area contributed by atoms with Crippen LogP contribution < -0.4 is 0 Å². The van der Waals surface area contributed by atoms with Crippen LogP contribution in [0.2, 0.25) is 0 Å². The molecule has 3 rings (SSSR count). The van der Waals surface area contributed by atoms with Crippen molar-refractivity contribution in [1.29, 1.82) is 0 Å². The normalized spacial score (nSPS) is 13.0. The van der Waals surface area contributed by atoms with Crippen LogP contribution in [0.5, 0.6) is 0 Å². The zero-order valence-corrected chi connectivity index (χ0v) is 13.2. The Kier molecular flexibility index (Phi) is 4.18. The molecule has 0 saturated heterocycles. The first-order chi connectivity index (χ1) is 10.5. The first-order valence-corrected chi connectivity index (χ1v) is 7.86. The Labute approximate surface area is 132 Å². The molecule has 0 aliphatic carbocycles. The molecule has 0 amide bonds. The van der Waals surface area contributed by atoms with Gasteiger partial charge in [0.2, 0.25) is 0 Å². The van der Waals surface area contributed by atoms with Crippen LogP contribution in [-0.2, 0) is 6.54 Å². The summed E-state index contributed by atoms with van der Waals surface area (Å²) in [6.45, 7) is 2.53. The van der Waals surface area contributed by atoms with E-state index in [0.29, 0.717) is 12.1 Å². The molecule has 2 nitrogen and oxygen atoms in total. The SMILES string of the molecule is CC(c1ccc(F)cc1F)N(C)Cc1nc2ccccc2s1. The first kappa shape index (κ1) is 15.1. The van der Waals surface area contributed by atoms with Gasteiger partial charge in [-0.15, -0.1) is 11.3 Å². The lowest BCUT2D eigenvalue weighted by molar-refractivity contribution is 0.247. The Hall–Kier alpha value is -1.85. The maximum atomic E-state index is 13.9. The predicted octanol–water partition coefficient (Wildman–Crippen LogP) is 4.77. The molecule has 114 valence electrons. The van der Waals surface area contributed by atoms with Gasteiger partial charge in [0.15, 0.2) is 0 Å². The molecule has 22 heavy (non-hydrogen) atoms. The lowest BCUT2D eigenvalue weighted by Gasteiger charge is -2.24. The summed E-state index contributed by atoms with van der Waals surface area (Å²) in [7, 11) is 1.92. The van der Waals surface area contributed by atoms with Gasteiger partial charge in [-0.2, -0.15) is 0 Å². The molecule has 1 heterocycles. The topological polar surface area (TPSA) is 16.1 Å². The van der Waals surface area contributed by atoms with Gasteiger partial charge in [-0.05, 0) is 32.2 Å². The van der Waals surface area contributed by atoms with Crippen molar-refractivity contribution in [2.45, 2.75) is 19.5 Å². The highest BCUT2D eigenvalue weighted by Gasteiger charge is 2.17. The summed E-state index contributed by atoms with van der Waals surface area (Å²) >= 11 is 1.64. The van der Waals surface area contributed by atoms with Crippen molar-refractivity contribution in [2.75, 3.05) is 7.05 Å². The third-order valence-electron chi connectivity index (χ3n) is 3.80. The number of halogens is 2. The van der Waals surface area contributed by atoms with E-state index >= 15 is 0 Å². The molecule has 0 aliphatic heterocycles. The number of thiazole rings is 1. The highest BCUT2D eigenvalue weighted by molar-refractivity contribution is 7.18. The van der Waals surface area contributed by atoms with Crippen molar-refractivity contribution in [3.63, 3.8) is 0 Å². The Balaban J connectivity index is 1.79. The van der Waals surface area contributed by atoms with Gasteiger partial charge in [0, 0.05) is 17.7 Å². The van der Waals surface area contributed by atoms with Gasteiger partial charge in [0.25, 0.3) is 0 Å². The minimum absolute atomic E-state index is 0.160. The molecule has 0 saturated carbocycles. The molecule has 1 atom stereocenters. The van der Waals surface area contributed by atoms with E-state index in [0.717, 1.165) is 21.3 Å². The van der Waals surface area contributed by atoms with Gasteiger partial charge >= 0.3 is 0 Å². The van der Waals surface area contributed by atoms with E-state index in [-0.39, 0.29) is 6.04 Å². The van der Waals surface area contributed by atoms with Crippen LogP contribution in [0.4, 0.5) is 8.78 Å². The van der Waals surface area contributed by atoms with Crippen LogP contribution in [0.25, 0.3) is 10.2 Å². The fourth-order valence-electron chi connectivity index (χ4n) is 2.42. The number of aromatic nitrogens is 1. The number of hydrogen-bond acceptors (Lipinski definition) is 3. The van der Waals surface area contributed by atoms with E-state index in [1.54, 1.807) is 11.3 Å². The third kappa shape index (κ3) is 3.00. The predicted molar refractivity (Wildman–Crippen MR) is 85.9 cm³/mol. The van der Waals surface area contributed by atoms with Crippen LogP contribution in [0.3, 0.4) is 0 Å². The van der Waals surface area contributed by atoms with E-state index in [1.807, 2.05) is 43.1 Å². The van der Waals surface area contributed by atoms with Crippen LogP contribution in [0.15, 0.2) is 42.5 Å². The second-order valence-electron chi connectivity index (χ2n) is 5.33. The Bertz CT molecular complexity index is 767. The van der Waals surface area contributed by atoms with E-state index in [2.05, 4.69) is 4.98 Å². The molecule has 5 heteroatoms. The molecule has 0 fully saturated rings. The van der Waals surface area contributed by atoms with E-state index in [4.69, 9.17) is 0 Å². The molecular weight excluding hydrogens is 302 g/mol. The lowest BCUT2D eigenvalue weighted by atomic mass is 10.1. The quantitative estimate of drug-likeness (QED) is 0.689. The standard InChI is InChI=1S/C17H16F2N2S/c1-11(13-8-7-12(18)9-14(13)19)21(2)10-17-20-15-5-3-4-6-16(15)22-17/h3-9,11H,10H2,1-2H3. The minimum Gasteiger partial charge on any atom is -0.293 e. The highest BCUT2D eigenvalue weighted by atomic mass is 32.1. The Morgan fingerprint density at radius 1 is 1.18 bits per heavy atom. The van der Waals surface area contributed by atoms with Gasteiger partial charge in [0.1, 0.15) is 16.6 Å². The number of hydrogen-bond donors (Lipinski definition) is 0. The molecule has 0 radical (unpaired) electrons. The summed E-state index contributed by atoms with van der Waals surface area (Å²) in [5.74, 6) is -1.06. The van der Waals surface area contributed by atoms with Crippen molar-refractivity contribution in [3.8, 4) is 0 Å². The summed E-state index contributed by atoms with van der Waals surface area (Å²) in [5, 5.41) is 0.984. The molecule has 0 bridgehead atoms. The maximum Gasteiger partial charge on any atom is 0.130 e. The summed E-state index contributed by atoms with van der Waals surface area (Å²) in [6, 6.07) is 11.5. The summed E-state index contributed by atoms with van der Waals surface area (Å²) in [6.07, 6.45) is 0. The second-order valence-corrected chi connectivity index (χ2v) is 6.45. The third-order valence-corrected chi connectivity index (χ3v) is 4.82. The lowest BCUT2D eigenvalue weighted by Crippen LogP contribution is -2.22. The summed E-state index contributed by atoms with van der Waals surface area (Å²) in [5.41, 5.74) is 1.47. The van der Waals surface area contributed by atoms with Gasteiger partial charge in [-0.3, -0.25) is 4.90 Å². The molecule has 3 aromatic rings. The van der Waals surface area contributed by atoms with Crippen molar-refractivity contribution >= 4 is 21.6 Å². The highest BCUT2D eigenvalue weighted by Crippen LogP contribution is 2.27. The molecule has 0 aliphatic rings. The van der Waals surface area contributed by atoms with Gasteiger partial charge in [-0.1, -0.05) is 18.2 Å². The van der Waals surface area contributed by atoms with Crippen molar-refractivity contribution in [2.24, 2.45) is 0 Å². The molecule has 1 aromatic heterocycles. The number of fused-ring (bicyclic) bond motifs is 1. The van der Waals surface area contributed by atoms with Crippen molar-refractivity contribution in [3.05, 3.63) is 64.7 Å². The molecule has 2 aromatic carbocycles. The summed E-state index contributed by atoms with van der Waals surface area (Å²) < 4.78 is 28.0. The van der Waals surface area contributed by atoms with E-state index in [9.17, 15) is 8.78 Å². The number of benzene rings is 2. The largest absolute Gasteiger partial charge is 0.293 e. The van der Waals surface area contributed by atoms with Gasteiger partial charge in [0.05, 0.1) is 16.8 Å². The minimum atomic E-state index is -0.553. The van der Waals surface area contributed by atoms with Gasteiger partial charge < -0.3 is 0 Å².